The average Bonchev–Trinajstić information content (AvgIpc) is 2.33. The lowest BCUT2D eigenvalue weighted by molar-refractivity contribution is -0.116. The monoisotopic (exact) mass is 289 g/mol. The summed E-state index contributed by atoms with van der Waals surface area (Å²) in [5, 5.41) is 5.55. The fourth-order valence-corrected chi connectivity index (χ4v) is 1.47. The van der Waals surface area contributed by atoms with Crippen LogP contribution < -0.4 is 16.4 Å². The number of hydrogen-bond donors (Lipinski definition) is 3. The number of alkyl halides is 1. The zero-order valence-electron chi connectivity index (χ0n) is 9.50. The molecule has 0 aliphatic carbocycles. The van der Waals surface area contributed by atoms with E-state index in [1.165, 1.54) is 0 Å². The summed E-state index contributed by atoms with van der Waals surface area (Å²) in [7, 11) is 0. The van der Waals surface area contributed by atoms with Crippen LogP contribution in [0.2, 0.25) is 5.02 Å². The molecule has 0 saturated carbocycles. The molecule has 0 radical (unpaired) electrons. The van der Waals surface area contributed by atoms with E-state index in [4.69, 9.17) is 28.9 Å². The lowest BCUT2D eigenvalue weighted by Crippen LogP contribution is -2.17. The van der Waals surface area contributed by atoms with Crippen molar-refractivity contribution in [3.05, 3.63) is 23.2 Å². The molecule has 5 nitrogen and oxygen atoms in total. The largest absolute Gasteiger partial charge is 0.330 e. The van der Waals surface area contributed by atoms with Crippen LogP contribution in [0, 0.1) is 0 Å². The molecule has 7 heteroatoms. The Morgan fingerprint density at radius 2 is 1.94 bits per heavy atom. The molecular weight excluding hydrogens is 277 g/mol. The summed E-state index contributed by atoms with van der Waals surface area (Å²) < 4.78 is 0. The normalized spacial score (nSPS) is 9.94. The number of carbonyl (C=O) groups is 2. The Balaban J connectivity index is 2.80. The van der Waals surface area contributed by atoms with Gasteiger partial charge >= 0.3 is 0 Å². The lowest BCUT2D eigenvalue weighted by Gasteiger charge is -2.09. The van der Waals surface area contributed by atoms with E-state index in [9.17, 15) is 9.59 Å². The first-order chi connectivity index (χ1) is 8.56. The Hall–Kier alpha value is -1.30. The van der Waals surface area contributed by atoms with Crippen LogP contribution in [0.25, 0.3) is 0 Å². The molecule has 1 aromatic rings. The first-order valence-corrected chi connectivity index (χ1v) is 6.13. The highest BCUT2D eigenvalue weighted by molar-refractivity contribution is 6.34. The third-order valence-corrected chi connectivity index (χ3v) is 2.59. The van der Waals surface area contributed by atoms with E-state index in [1.807, 2.05) is 0 Å². The zero-order valence-corrected chi connectivity index (χ0v) is 11.0. The highest BCUT2D eigenvalue weighted by Crippen LogP contribution is 2.25. The molecule has 0 spiro atoms. The zero-order chi connectivity index (χ0) is 13.5. The molecule has 0 bridgehead atoms. The van der Waals surface area contributed by atoms with Crippen molar-refractivity contribution in [3.8, 4) is 0 Å². The van der Waals surface area contributed by atoms with Crippen molar-refractivity contribution in [2.45, 2.75) is 6.42 Å². The van der Waals surface area contributed by atoms with E-state index < -0.39 is 0 Å². The Bertz CT molecular complexity index is 452. The van der Waals surface area contributed by atoms with Crippen molar-refractivity contribution in [2.75, 3.05) is 23.1 Å². The smallest absolute Gasteiger partial charge is 0.239 e. The third kappa shape index (κ3) is 4.52. The Kier molecular flexibility index (Phi) is 5.91. The summed E-state index contributed by atoms with van der Waals surface area (Å²) in [6, 6.07) is 4.75. The molecule has 0 aliphatic heterocycles. The quantitative estimate of drug-likeness (QED) is 0.723. The summed E-state index contributed by atoms with van der Waals surface area (Å²) in [6.07, 6.45) is 0.203. The molecule has 1 rings (SSSR count). The standard InChI is InChI=1S/C11H13Cl2N3O2/c12-6-11(18)15-7-1-2-8(13)9(5-7)16-10(17)3-4-14/h1-2,5H,3-4,6,14H2,(H,15,18)(H,16,17). The third-order valence-electron chi connectivity index (χ3n) is 2.02. The molecule has 98 valence electrons. The minimum absolute atomic E-state index is 0.141. The van der Waals surface area contributed by atoms with Crippen molar-refractivity contribution in [1.82, 2.24) is 0 Å². The fourth-order valence-electron chi connectivity index (χ4n) is 1.24. The molecule has 0 aromatic heterocycles. The second kappa shape index (κ2) is 7.20. The van der Waals surface area contributed by atoms with E-state index >= 15 is 0 Å². The number of carbonyl (C=O) groups excluding carboxylic acids is 2. The van der Waals surface area contributed by atoms with Crippen LogP contribution in [0.1, 0.15) is 6.42 Å². The highest BCUT2D eigenvalue weighted by Gasteiger charge is 2.07. The molecule has 0 saturated heterocycles. The topological polar surface area (TPSA) is 84.2 Å². The number of halogens is 2. The number of rotatable bonds is 5. The van der Waals surface area contributed by atoms with Crippen LogP contribution in [-0.4, -0.2) is 24.2 Å². The van der Waals surface area contributed by atoms with E-state index in [0.29, 0.717) is 16.4 Å². The van der Waals surface area contributed by atoms with Gasteiger partial charge in [0.15, 0.2) is 0 Å². The van der Waals surface area contributed by atoms with Crippen LogP contribution in [-0.2, 0) is 9.59 Å². The average molecular weight is 290 g/mol. The first-order valence-electron chi connectivity index (χ1n) is 5.22. The Labute approximate surface area is 115 Å². The second-order valence-corrected chi connectivity index (χ2v) is 4.14. The molecule has 0 fully saturated rings. The maximum absolute atomic E-state index is 11.4. The van der Waals surface area contributed by atoms with Crippen LogP contribution in [0.3, 0.4) is 0 Å². The van der Waals surface area contributed by atoms with Crippen molar-refractivity contribution in [2.24, 2.45) is 5.73 Å². The molecule has 18 heavy (non-hydrogen) atoms. The summed E-state index contributed by atoms with van der Waals surface area (Å²) in [5.41, 5.74) is 6.20. The Morgan fingerprint density at radius 1 is 1.22 bits per heavy atom. The van der Waals surface area contributed by atoms with Crippen molar-refractivity contribution < 1.29 is 9.59 Å². The highest BCUT2D eigenvalue weighted by atomic mass is 35.5. The fraction of sp³-hybridized carbons (Fsp3) is 0.273. The van der Waals surface area contributed by atoms with Gasteiger partial charge in [0.05, 0.1) is 10.7 Å². The van der Waals surface area contributed by atoms with Crippen LogP contribution in [0.4, 0.5) is 11.4 Å². The van der Waals surface area contributed by atoms with Gasteiger partial charge in [0.1, 0.15) is 5.88 Å². The lowest BCUT2D eigenvalue weighted by atomic mass is 10.2. The summed E-state index contributed by atoms with van der Waals surface area (Å²) >= 11 is 11.3. The predicted molar refractivity (Wildman–Crippen MR) is 73.1 cm³/mol. The number of benzene rings is 1. The molecule has 0 unspecified atom stereocenters. The van der Waals surface area contributed by atoms with Crippen molar-refractivity contribution in [3.63, 3.8) is 0 Å². The minimum atomic E-state index is -0.335. The predicted octanol–water partition coefficient (Wildman–Crippen LogP) is 1.80. The summed E-state index contributed by atoms with van der Waals surface area (Å²) in [5.74, 6) is -0.712. The molecular formula is C11H13Cl2N3O2. The maximum atomic E-state index is 11.4. The number of nitrogens with one attached hydrogen (secondary N) is 2. The van der Waals surface area contributed by atoms with E-state index in [2.05, 4.69) is 10.6 Å². The number of anilines is 2. The van der Waals surface area contributed by atoms with Gasteiger partial charge in [0, 0.05) is 18.7 Å². The molecule has 0 aliphatic rings. The van der Waals surface area contributed by atoms with Gasteiger partial charge in [-0.2, -0.15) is 0 Å². The second-order valence-electron chi connectivity index (χ2n) is 3.46. The van der Waals surface area contributed by atoms with Gasteiger partial charge in [0.2, 0.25) is 11.8 Å². The SMILES string of the molecule is NCCC(=O)Nc1cc(NC(=O)CCl)ccc1Cl. The molecule has 1 aromatic carbocycles. The van der Waals surface area contributed by atoms with Gasteiger partial charge in [-0.3, -0.25) is 9.59 Å². The van der Waals surface area contributed by atoms with Gasteiger partial charge in [-0.05, 0) is 18.2 Å². The minimum Gasteiger partial charge on any atom is -0.330 e. The van der Waals surface area contributed by atoms with E-state index in [1.54, 1.807) is 18.2 Å². The van der Waals surface area contributed by atoms with Gasteiger partial charge < -0.3 is 16.4 Å². The maximum Gasteiger partial charge on any atom is 0.239 e. The number of nitrogens with two attached hydrogens (primary N) is 1. The molecule has 2 amide bonds. The van der Waals surface area contributed by atoms with Crippen LogP contribution in [0.5, 0.6) is 0 Å². The van der Waals surface area contributed by atoms with E-state index in [0.717, 1.165) is 0 Å². The Morgan fingerprint density at radius 3 is 2.56 bits per heavy atom. The molecule has 4 N–H and O–H groups in total. The van der Waals surface area contributed by atoms with Gasteiger partial charge in [0.25, 0.3) is 0 Å². The van der Waals surface area contributed by atoms with Gasteiger partial charge in [-0.15, -0.1) is 11.6 Å². The molecule has 0 atom stereocenters. The van der Waals surface area contributed by atoms with Crippen LogP contribution >= 0.6 is 23.2 Å². The number of hydrogen-bond acceptors (Lipinski definition) is 3. The van der Waals surface area contributed by atoms with E-state index in [-0.39, 0.29) is 30.7 Å². The van der Waals surface area contributed by atoms with Crippen molar-refractivity contribution in [1.29, 1.82) is 0 Å². The number of amides is 2. The van der Waals surface area contributed by atoms with Gasteiger partial charge in [-0.25, -0.2) is 0 Å². The van der Waals surface area contributed by atoms with Crippen molar-refractivity contribution >= 4 is 46.4 Å². The summed E-state index contributed by atoms with van der Waals surface area (Å²) in [4.78, 5) is 22.5. The van der Waals surface area contributed by atoms with Crippen LogP contribution in [0.15, 0.2) is 18.2 Å². The molecule has 0 heterocycles. The first kappa shape index (κ1) is 14.8. The summed E-state index contributed by atoms with van der Waals surface area (Å²) in [6.45, 7) is 0.256. The van der Waals surface area contributed by atoms with Gasteiger partial charge in [-0.1, -0.05) is 11.6 Å².